The third-order valence-electron chi connectivity index (χ3n) is 2.73. The van der Waals surface area contributed by atoms with Crippen LogP contribution in [0.4, 0.5) is 15.8 Å². The van der Waals surface area contributed by atoms with Gasteiger partial charge in [0, 0.05) is 18.9 Å². The van der Waals surface area contributed by atoms with Gasteiger partial charge < -0.3 is 11.1 Å². The van der Waals surface area contributed by atoms with E-state index in [0.717, 1.165) is 0 Å². The number of nitrogens with zero attached hydrogens (tertiary/aromatic N) is 2. The SMILES string of the molecule is CCc1nn(C)cc1C(=O)Nc1ccc(N)cc1F. The molecule has 0 saturated heterocycles. The third-order valence-corrected chi connectivity index (χ3v) is 2.73. The molecule has 100 valence electrons. The number of hydrogen-bond donors (Lipinski definition) is 2. The molecule has 0 fully saturated rings. The summed E-state index contributed by atoms with van der Waals surface area (Å²) in [5.41, 5.74) is 6.99. The fraction of sp³-hybridized carbons (Fsp3) is 0.231. The fourth-order valence-electron chi connectivity index (χ4n) is 1.81. The van der Waals surface area contributed by atoms with Crippen LogP contribution in [0.15, 0.2) is 24.4 Å². The lowest BCUT2D eigenvalue weighted by Crippen LogP contribution is -2.14. The molecule has 6 heteroatoms. The molecule has 0 spiro atoms. The van der Waals surface area contributed by atoms with Crippen molar-refractivity contribution in [3.63, 3.8) is 0 Å². The number of nitrogens with two attached hydrogens (primary N) is 1. The van der Waals surface area contributed by atoms with Crippen LogP contribution in [-0.2, 0) is 13.5 Å². The Kier molecular flexibility index (Phi) is 3.50. The van der Waals surface area contributed by atoms with Gasteiger partial charge in [0.05, 0.1) is 16.9 Å². The lowest BCUT2D eigenvalue weighted by molar-refractivity contribution is 0.102. The van der Waals surface area contributed by atoms with Crippen LogP contribution in [0.1, 0.15) is 23.0 Å². The molecular weight excluding hydrogens is 247 g/mol. The first kappa shape index (κ1) is 13.1. The van der Waals surface area contributed by atoms with Crippen molar-refractivity contribution in [3.8, 4) is 0 Å². The van der Waals surface area contributed by atoms with Crippen molar-refractivity contribution in [1.82, 2.24) is 9.78 Å². The molecule has 3 N–H and O–H groups in total. The van der Waals surface area contributed by atoms with E-state index in [0.29, 0.717) is 23.4 Å². The minimum Gasteiger partial charge on any atom is -0.399 e. The van der Waals surface area contributed by atoms with Crippen LogP contribution >= 0.6 is 0 Å². The average molecular weight is 262 g/mol. The molecule has 0 radical (unpaired) electrons. The van der Waals surface area contributed by atoms with Crippen molar-refractivity contribution in [2.45, 2.75) is 13.3 Å². The Morgan fingerprint density at radius 3 is 2.89 bits per heavy atom. The monoisotopic (exact) mass is 262 g/mol. The number of halogens is 1. The van der Waals surface area contributed by atoms with Gasteiger partial charge in [0.2, 0.25) is 0 Å². The second-order valence-corrected chi connectivity index (χ2v) is 4.21. The van der Waals surface area contributed by atoms with Crippen LogP contribution in [-0.4, -0.2) is 15.7 Å². The number of carbonyl (C=O) groups is 1. The predicted octanol–water partition coefficient (Wildman–Crippen LogP) is 1.96. The molecule has 19 heavy (non-hydrogen) atoms. The number of nitrogens with one attached hydrogen (secondary N) is 1. The highest BCUT2D eigenvalue weighted by molar-refractivity contribution is 6.05. The summed E-state index contributed by atoms with van der Waals surface area (Å²) >= 11 is 0. The smallest absolute Gasteiger partial charge is 0.259 e. The van der Waals surface area contributed by atoms with Gasteiger partial charge in [-0.05, 0) is 24.6 Å². The molecule has 0 unspecified atom stereocenters. The molecule has 1 heterocycles. The molecule has 1 amide bonds. The number of hydrogen-bond acceptors (Lipinski definition) is 3. The Morgan fingerprint density at radius 2 is 2.26 bits per heavy atom. The normalized spacial score (nSPS) is 10.5. The van der Waals surface area contributed by atoms with Crippen LogP contribution in [0.3, 0.4) is 0 Å². The van der Waals surface area contributed by atoms with Gasteiger partial charge in [-0.1, -0.05) is 6.92 Å². The minimum atomic E-state index is -0.560. The highest BCUT2D eigenvalue weighted by atomic mass is 19.1. The Hall–Kier alpha value is -2.37. The number of aryl methyl sites for hydroxylation is 2. The summed E-state index contributed by atoms with van der Waals surface area (Å²) in [4.78, 5) is 12.1. The first-order chi connectivity index (χ1) is 9.01. The quantitative estimate of drug-likeness (QED) is 0.830. The molecule has 0 aliphatic heterocycles. The van der Waals surface area contributed by atoms with E-state index in [1.807, 2.05) is 6.92 Å². The lowest BCUT2D eigenvalue weighted by Gasteiger charge is -2.06. The van der Waals surface area contributed by atoms with Crippen LogP contribution < -0.4 is 11.1 Å². The van der Waals surface area contributed by atoms with E-state index in [1.54, 1.807) is 17.9 Å². The van der Waals surface area contributed by atoms with Gasteiger partial charge in [-0.15, -0.1) is 0 Å². The van der Waals surface area contributed by atoms with Crippen LogP contribution in [0.5, 0.6) is 0 Å². The van der Waals surface area contributed by atoms with Gasteiger partial charge in [-0.2, -0.15) is 5.10 Å². The minimum absolute atomic E-state index is 0.102. The summed E-state index contributed by atoms with van der Waals surface area (Å²) < 4.78 is 15.2. The van der Waals surface area contributed by atoms with Gasteiger partial charge in [0.25, 0.3) is 5.91 Å². The second kappa shape index (κ2) is 5.09. The van der Waals surface area contributed by atoms with Crippen molar-refractivity contribution in [3.05, 3.63) is 41.5 Å². The molecule has 0 aliphatic carbocycles. The van der Waals surface area contributed by atoms with E-state index in [2.05, 4.69) is 10.4 Å². The van der Waals surface area contributed by atoms with Crippen LogP contribution in [0, 0.1) is 5.82 Å². The number of rotatable bonds is 3. The van der Waals surface area contributed by atoms with E-state index in [4.69, 9.17) is 5.73 Å². The number of amides is 1. The van der Waals surface area contributed by atoms with Crippen molar-refractivity contribution in [1.29, 1.82) is 0 Å². The molecule has 1 aromatic heterocycles. The Labute approximate surface area is 110 Å². The summed E-state index contributed by atoms with van der Waals surface area (Å²) in [5, 5.41) is 6.69. The highest BCUT2D eigenvalue weighted by Gasteiger charge is 2.15. The molecule has 1 aromatic carbocycles. The fourth-order valence-corrected chi connectivity index (χ4v) is 1.81. The highest BCUT2D eigenvalue weighted by Crippen LogP contribution is 2.18. The summed E-state index contributed by atoms with van der Waals surface area (Å²) in [5.74, 6) is -0.941. The first-order valence-corrected chi connectivity index (χ1v) is 5.90. The molecule has 0 saturated carbocycles. The molecule has 0 atom stereocenters. The standard InChI is InChI=1S/C13H15FN4O/c1-3-11-9(7-18(2)17-11)13(19)16-12-5-4-8(15)6-10(12)14/h4-7H,3,15H2,1-2H3,(H,16,19). The van der Waals surface area contributed by atoms with Gasteiger partial charge in [-0.25, -0.2) is 4.39 Å². The maximum absolute atomic E-state index is 13.6. The number of aromatic nitrogens is 2. The zero-order valence-corrected chi connectivity index (χ0v) is 10.8. The van der Waals surface area contributed by atoms with Crippen LogP contribution in [0.2, 0.25) is 0 Å². The van der Waals surface area contributed by atoms with Gasteiger partial charge in [0.1, 0.15) is 5.82 Å². The maximum atomic E-state index is 13.6. The zero-order valence-electron chi connectivity index (χ0n) is 10.8. The van der Waals surface area contributed by atoms with E-state index in [9.17, 15) is 9.18 Å². The van der Waals surface area contributed by atoms with Crippen molar-refractivity contribution < 1.29 is 9.18 Å². The maximum Gasteiger partial charge on any atom is 0.259 e. The third kappa shape index (κ3) is 2.73. The van der Waals surface area contributed by atoms with E-state index < -0.39 is 5.82 Å². The van der Waals surface area contributed by atoms with Crippen molar-refractivity contribution in [2.75, 3.05) is 11.1 Å². The number of anilines is 2. The molecule has 5 nitrogen and oxygen atoms in total. The Morgan fingerprint density at radius 1 is 1.53 bits per heavy atom. The van der Waals surface area contributed by atoms with E-state index in [-0.39, 0.29) is 11.6 Å². The number of benzene rings is 1. The molecule has 2 rings (SSSR count). The largest absolute Gasteiger partial charge is 0.399 e. The Balaban J connectivity index is 2.25. The predicted molar refractivity (Wildman–Crippen MR) is 71.4 cm³/mol. The average Bonchev–Trinajstić information content (AvgIpc) is 2.74. The lowest BCUT2D eigenvalue weighted by atomic mass is 10.2. The summed E-state index contributed by atoms with van der Waals surface area (Å²) in [7, 11) is 1.74. The van der Waals surface area contributed by atoms with Crippen molar-refractivity contribution in [2.24, 2.45) is 7.05 Å². The van der Waals surface area contributed by atoms with E-state index in [1.165, 1.54) is 18.2 Å². The van der Waals surface area contributed by atoms with Crippen molar-refractivity contribution >= 4 is 17.3 Å². The zero-order chi connectivity index (χ0) is 14.0. The second-order valence-electron chi connectivity index (χ2n) is 4.21. The number of carbonyl (C=O) groups excluding carboxylic acids is 1. The summed E-state index contributed by atoms with van der Waals surface area (Å²) in [6.45, 7) is 1.91. The molecule has 0 bridgehead atoms. The molecule has 0 aliphatic rings. The van der Waals surface area contributed by atoms with Crippen LogP contribution in [0.25, 0.3) is 0 Å². The molecule has 2 aromatic rings. The van der Waals surface area contributed by atoms with Gasteiger partial charge >= 0.3 is 0 Å². The van der Waals surface area contributed by atoms with Gasteiger partial charge in [-0.3, -0.25) is 9.48 Å². The van der Waals surface area contributed by atoms with Gasteiger partial charge in [0.15, 0.2) is 0 Å². The summed E-state index contributed by atoms with van der Waals surface area (Å²) in [6, 6.07) is 4.13. The molecular formula is C13H15FN4O. The van der Waals surface area contributed by atoms with E-state index >= 15 is 0 Å². The summed E-state index contributed by atoms with van der Waals surface area (Å²) in [6.07, 6.45) is 2.25. The topological polar surface area (TPSA) is 72.9 Å². The Bertz CT molecular complexity index is 621. The first-order valence-electron chi connectivity index (χ1n) is 5.90. The number of nitrogen functional groups attached to an aromatic ring is 1.